The maximum absolute atomic E-state index is 12.3. The first-order valence-electron chi connectivity index (χ1n) is 9.53. The molecule has 0 saturated carbocycles. The molecule has 1 atom stereocenters. The van der Waals surface area contributed by atoms with Crippen molar-refractivity contribution in [2.75, 3.05) is 18.6 Å². The summed E-state index contributed by atoms with van der Waals surface area (Å²) in [6.45, 7) is 4.29. The second-order valence-corrected chi connectivity index (χ2v) is 7.87. The predicted molar refractivity (Wildman–Crippen MR) is 112 cm³/mol. The molecule has 5 rings (SSSR count). The second-order valence-electron chi connectivity index (χ2n) is 7.87. The molecule has 0 aliphatic carbocycles. The molecule has 6 nitrogen and oxygen atoms in total. The van der Waals surface area contributed by atoms with E-state index in [4.69, 9.17) is 14.5 Å². The van der Waals surface area contributed by atoms with E-state index in [-0.39, 0.29) is 12.5 Å². The highest BCUT2D eigenvalue weighted by atomic mass is 16.5. The zero-order valence-electron chi connectivity index (χ0n) is 16.5. The fourth-order valence-electron chi connectivity index (χ4n) is 4.43. The minimum absolute atomic E-state index is 0.0569. The highest BCUT2D eigenvalue weighted by molar-refractivity contribution is 5.97. The SMILES string of the molecule is COC(=O)CN1c2ccccc2C(C)(C)C12C=Nc1ccc3ccncc3c1O2. The number of fused-ring (bicyclic) bond motifs is 4. The molecule has 3 aromatic rings. The van der Waals surface area contributed by atoms with E-state index < -0.39 is 11.1 Å². The molecule has 1 spiro atoms. The summed E-state index contributed by atoms with van der Waals surface area (Å²) in [7, 11) is 1.40. The monoisotopic (exact) mass is 387 g/mol. The van der Waals surface area contributed by atoms with Gasteiger partial charge >= 0.3 is 5.97 Å². The number of hydrogen-bond acceptors (Lipinski definition) is 6. The van der Waals surface area contributed by atoms with E-state index in [1.807, 2.05) is 47.5 Å². The molecule has 0 radical (unpaired) electrons. The standard InChI is InChI=1S/C23H21N3O3/c1-22(2)17-6-4-5-7-19(17)26(13-20(27)28-3)23(22)14-25-18-9-8-15-10-11-24-12-16(15)21(18)29-23/h4-12,14H,13H2,1-3H3. The lowest BCUT2D eigenvalue weighted by Crippen LogP contribution is -2.63. The molecule has 29 heavy (non-hydrogen) atoms. The summed E-state index contributed by atoms with van der Waals surface area (Å²) >= 11 is 0. The summed E-state index contributed by atoms with van der Waals surface area (Å²) in [4.78, 5) is 23.3. The topological polar surface area (TPSA) is 64.0 Å². The van der Waals surface area contributed by atoms with Gasteiger partial charge in [-0.15, -0.1) is 0 Å². The third kappa shape index (κ3) is 2.32. The van der Waals surface area contributed by atoms with Crippen LogP contribution < -0.4 is 9.64 Å². The molecule has 2 aliphatic rings. The molecular weight excluding hydrogens is 366 g/mol. The van der Waals surface area contributed by atoms with Crippen LogP contribution in [0, 0.1) is 0 Å². The number of aromatic nitrogens is 1. The van der Waals surface area contributed by atoms with Crippen LogP contribution in [-0.4, -0.2) is 36.5 Å². The first kappa shape index (κ1) is 17.7. The van der Waals surface area contributed by atoms with Crippen LogP contribution in [0.3, 0.4) is 0 Å². The first-order valence-corrected chi connectivity index (χ1v) is 9.53. The number of pyridine rings is 1. The summed E-state index contributed by atoms with van der Waals surface area (Å²) in [5, 5.41) is 1.92. The second kappa shape index (κ2) is 6.04. The Labute approximate surface area is 168 Å². The van der Waals surface area contributed by atoms with Crippen LogP contribution in [0.1, 0.15) is 19.4 Å². The summed E-state index contributed by atoms with van der Waals surface area (Å²) < 4.78 is 11.8. The van der Waals surface area contributed by atoms with Crippen LogP contribution in [0.4, 0.5) is 11.4 Å². The zero-order valence-corrected chi connectivity index (χ0v) is 16.5. The Morgan fingerprint density at radius 2 is 2.00 bits per heavy atom. The number of rotatable bonds is 2. The molecule has 0 bridgehead atoms. The van der Waals surface area contributed by atoms with E-state index in [1.54, 1.807) is 12.4 Å². The van der Waals surface area contributed by atoms with Gasteiger partial charge in [0, 0.05) is 23.5 Å². The number of carbonyl (C=O) groups is 1. The molecule has 0 fully saturated rings. The number of nitrogens with zero attached hydrogens (tertiary/aromatic N) is 3. The molecule has 2 aliphatic heterocycles. The lowest BCUT2D eigenvalue weighted by molar-refractivity contribution is -0.139. The highest BCUT2D eigenvalue weighted by Gasteiger charge is 2.60. The molecule has 1 aromatic heterocycles. The van der Waals surface area contributed by atoms with E-state index in [1.165, 1.54) is 7.11 Å². The normalized spacial score (nSPS) is 21.0. The molecule has 146 valence electrons. The van der Waals surface area contributed by atoms with Crippen molar-refractivity contribution >= 4 is 34.3 Å². The van der Waals surface area contributed by atoms with E-state index >= 15 is 0 Å². The summed E-state index contributed by atoms with van der Waals surface area (Å²) in [6.07, 6.45) is 5.37. The molecule has 6 heteroatoms. The Balaban J connectivity index is 1.73. The van der Waals surface area contributed by atoms with Gasteiger partial charge in [-0.05, 0) is 43.0 Å². The van der Waals surface area contributed by atoms with Crippen molar-refractivity contribution in [3.63, 3.8) is 0 Å². The number of methoxy groups -OCH3 is 1. The lowest BCUT2D eigenvalue weighted by Gasteiger charge is -2.46. The van der Waals surface area contributed by atoms with Gasteiger partial charge in [0.15, 0.2) is 5.75 Å². The Morgan fingerprint density at radius 3 is 2.83 bits per heavy atom. The fourth-order valence-corrected chi connectivity index (χ4v) is 4.43. The minimum atomic E-state index is -0.970. The van der Waals surface area contributed by atoms with Gasteiger partial charge in [-0.1, -0.05) is 24.3 Å². The van der Waals surface area contributed by atoms with Crippen LogP contribution in [0.25, 0.3) is 10.8 Å². The van der Waals surface area contributed by atoms with Gasteiger partial charge in [0.2, 0.25) is 5.72 Å². The third-order valence-electron chi connectivity index (χ3n) is 6.07. The van der Waals surface area contributed by atoms with E-state index in [0.29, 0.717) is 5.75 Å². The molecule has 0 amide bonds. The van der Waals surface area contributed by atoms with E-state index in [0.717, 1.165) is 27.7 Å². The van der Waals surface area contributed by atoms with Gasteiger partial charge < -0.3 is 14.4 Å². The maximum atomic E-state index is 12.3. The molecule has 0 saturated heterocycles. The Bertz CT molecular complexity index is 1170. The summed E-state index contributed by atoms with van der Waals surface area (Å²) in [5.74, 6) is 0.341. The van der Waals surface area contributed by atoms with E-state index in [9.17, 15) is 4.79 Å². The average Bonchev–Trinajstić information content (AvgIpc) is 2.92. The summed E-state index contributed by atoms with van der Waals surface area (Å²) in [6, 6.07) is 14.0. The Hall–Kier alpha value is -3.41. The van der Waals surface area contributed by atoms with Gasteiger partial charge in [-0.2, -0.15) is 0 Å². The summed E-state index contributed by atoms with van der Waals surface area (Å²) in [5.41, 5.74) is 1.35. The third-order valence-corrected chi connectivity index (χ3v) is 6.07. The Morgan fingerprint density at radius 1 is 1.17 bits per heavy atom. The molecule has 3 heterocycles. The predicted octanol–water partition coefficient (Wildman–Crippen LogP) is 4.00. The minimum Gasteiger partial charge on any atom is -0.468 e. The molecular formula is C23H21N3O3. The number of aliphatic imine (C=N–C) groups is 1. The maximum Gasteiger partial charge on any atom is 0.325 e. The van der Waals surface area contributed by atoms with Crippen LogP contribution in [0.5, 0.6) is 5.75 Å². The van der Waals surface area contributed by atoms with E-state index in [2.05, 4.69) is 24.9 Å². The van der Waals surface area contributed by atoms with Crippen LogP contribution >= 0.6 is 0 Å². The van der Waals surface area contributed by atoms with Gasteiger partial charge in [0.1, 0.15) is 12.2 Å². The Kier molecular flexibility index (Phi) is 3.68. The van der Waals surface area contributed by atoms with Gasteiger partial charge in [0.05, 0.1) is 18.7 Å². The van der Waals surface area contributed by atoms with Gasteiger partial charge in [0.25, 0.3) is 0 Å². The largest absolute Gasteiger partial charge is 0.468 e. The van der Waals surface area contributed by atoms with Crippen LogP contribution in [0.15, 0.2) is 59.9 Å². The number of anilines is 1. The van der Waals surface area contributed by atoms with Crippen molar-refractivity contribution in [3.05, 3.63) is 60.4 Å². The van der Waals surface area contributed by atoms with Crippen molar-refractivity contribution in [3.8, 4) is 5.75 Å². The number of esters is 1. The highest BCUT2D eigenvalue weighted by Crippen LogP contribution is 2.54. The molecule has 2 aromatic carbocycles. The quantitative estimate of drug-likeness (QED) is 0.622. The number of carbonyl (C=O) groups excluding carboxylic acids is 1. The number of para-hydroxylation sites is 1. The lowest BCUT2D eigenvalue weighted by atomic mass is 9.77. The smallest absolute Gasteiger partial charge is 0.325 e. The number of ether oxygens (including phenoxy) is 2. The van der Waals surface area contributed by atoms with Crippen LogP contribution in [0.2, 0.25) is 0 Å². The van der Waals surface area contributed by atoms with Gasteiger partial charge in [-0.3, -0.25) is 14.8 Å². The molecule has 0 N–H and O–H groups in total. The molecule has 1 unspecified atom stereocenters. The van der Waals surface area contributed by atoms with Crippen molar-refractivity contribution < 1.29 is 14.3 Å². The first-order chi connectivity index (χ1) is 14.0. The number of benzene rings is 2. The number of hydrogen-bond donors (Lipinski definition) is 0. The van der Waals surface area contributed by atoms with Crippen molar-refractivity contribution in [2.24, 2.45) is 4.99 Å². The van der Waals surface area contributed by atoms with Crippen LogP contribution in [-0.2, 0) is 14.9 Å². The van der Waals surface area contributed by atoms with Crippen molar-refractivity contribution in [1.29, 1.82) is 0 Å². The average molecular weight is 387 g/mol. The fraction of sp³-hybridized carbons (Fsp3) is 0.261. The van der Waals surface area contributed by atoms with Crippen molar-refractivity contribution in [2.45, 2.75) is 25.0 Å². The van der Waals surface area contributed by atoms with Crippen molar-refractivity contribution in [1.82, 2.24) is 4.98 Å². The van der Waals surface area contributed by atoms with Gasteiger partial charge in [-0.25, -0.2) is 0 Å². The zero-order chi connectivity index (χ0) is 20.2.